The van der Waals surface area contributed by atoms with Crippen molar-refractivity contribution in [3.05, 3.63) is 90.8 Å². The number of carbonyl (C=O) groups excluding carboxylic acids is 2. The number of aryl methyl sites for hydroxylation is 1. The number of rotatable bonds is 8. The smallest absolute Gasteiger partial charge is 0.262 e. The van der Waals surface area contributed by atoms with Crippen LogP contribution in [0.15, 0.2) is 85.1 Å². The van der Waals surface area contributed by atoms with Crippen molar-refractivity contribution in [3.8, 4) is 0 Å². The van der Waals surface area contributed by atoms with Crippen molar-refractivity contribution in [1.82, 2.24) is 4.98 Å². The maximum atomic E-state index is 14.0. The van der Waals surface area contributed by atoms with Crippen LogP contribution in [0.4, 0.5) is 11.4 Å². The predicted molar refractivity (Wildman–Crippen MR) is 122 cm³/mol. The third-order valence-corrected chi connectivity index (χ3v) is 5.90. The standard InChI is InChI=1S/C26H27N3O2/c1-2-3-18-26(19-17-21-12-10-11-20-27-21)24(30)28(22-13-6-4-7-14-22)29(25(26)31)23-15-8-5-9-16-23/h4-16,20H,2-3,17-19H2,1H3. The first-order valence-electron chi connectivity index (χ1n) is 10.9. The van der Waals surface area contributed by atoms with Gasteiger partial charge in [-0.25, -0.2) is 10.0 Å². The van der Waals surface area contributed by atoms with E-state index >= 15 is 0 Å². The second kappa shape index (κ2) is 9.13. The summed E-state index contributed by atoms with van der Waals surface area (Å²) in [4.78, 5) is 32.4. The SMILES string of the molecule is CCCCC1(CCc2ccccn2)C(=O)N(c2ccccc2)N(c2ccccc2)C1=O. The van der Waals surface area contributed by atoms with E-state index in [1.807, 2.05) is 78.9 Å². The highest BCUT2D eigenvalue weighted by molar-refractivity contribution is 6.26. The van der Waals surface area contributed by atoms with Gasteiger partial charge in [-0.3, -0.25) is 14.6 Å². The first-order valence-corrected chi connectivity index (χ1v) is 10.9. The molecule has 0 saturated carbocycles. The summed E-state index contributed by atoms with van der Waals surface area (Å²) in [6.45, 7) is 2.08. The van der Waals surface area contributed by atoms with E-state index in [2.05, 4.69) is 11.9 Å². The molecule has 1 fully saturated rings. The fraction of sp³-hybridized carbons (Fsp3) is 0.269. The number of anilines is 2. The van der Waals surface area contributed by atoms with Gasteiger partial charge >= 0.3 is 0 Å². The van der Waals surface area contributed by atoms with Gasteiger partial charge in [0, 0.05) is 11.9 Å². The van der Waals surface area contributed by atoms with Gasteiger partial charge in [-0.15, -0.1) is 0 Å². The Morgan fingerprint density at radius 3 is 1.77 bits per heavy atom. The maximum Gasteiger partial charge on any atom is 0.262 e. The monoisotopic (exact) mass is 413 g/mol. The Hall–Kier alpha value is -3.47. The molecule has 3 aromatic rings. The van der Waals surface area contributed by atoms with Gasteiger partial charge in [0.2, 0.25) is 0 Å². The number of nitrogens with zero attached hydrogens (tertiary/aromatic N) is 3. The van der Waals surface area contributed by atoms with Gasteiger partial charge in [0.05, 0.1) is 11.4 Å². The molecule has 2 aromatic carbocycles. The molecule has 1 saturated heterocycles. The number of para-hydroxylation sites is 2. The summed E-state index contributed by atoms with van der Waals surface area (Å²) in [5.74, 6) is -0.311. The topological polar surface area (TPSA) is 53.5 Å². The number of benzene rings is 2. The molecule has 1 aliphatic heterocycles. The highest BCUT2D eigenvalue weighted by atomic mass is 16.2. The lowest BCUT2D eigenvalue weighted by atomic mass is 9.77. The normalized spacial score (nSPS) is 15.5. The van der Waals surface area contributed by atoms with E-state index in [1.165, 1.54) is 0 Å². The van der Waals surface area contributed by atoms with Crippen LogP contribution in [0.5, 0.6) is 0 Å². The van der Waals surface area contributed by atoms with Gasteiger partial charge in [0.1, 0.15) is 5.41 Å². The number of unbranched alkanes of at least 4 members (excludes halogenated alkanes) is 1. The van der Waals surface area contributed by atoms with Crippen LogP contribution in [0.25, 0.3) is 0 Å². The highest BCUT2D eigenvalue weighted by Crippen LogP contribution is 2.44. The number of amides is 2. The van der Waals surface area contributed by atoms with E-state index in [9.17, 15) is 9.59 Å². The molecule has 5 nitrogen and oxygen atoms in total. The second-order valence-electron chi connectivity index (χ2n) is 7.91. The Balaban J connectivity index is 1.78. The average molecular weight is 414 g/mol. The number of aromatic nitrogens is 1. The Morgan fingerprint density at radius 1 is 0.742 bits per heavy atom. The van der Waals surface area contributed by atoms with Crippen molar-refractivity contribution >= 4 is 23.2 Å². The molecule has 31 heavy (non-hydrogen) atoms. The fourth-order valence-electron chi connectivity index (χ4n) is 4.20. The van der Waals surface area contributed by atoms with E-state index in [1.54, 1.807) is 16.2 Å². The van der Waals surface area contributed by atoms with Gasteiger partial charge in [-0.2, -0.15) is 0 Å². The summed E-state index contributed by atoms with van der Waals surface area (Å²) >= 11 is 0. The van der Waals surface area contributed by atoms with Crippen molar-refractivity contribution in [2.24, 2.45) is 5.41 Å². The molecule has 1 aliphatic rings. The van der Waals surface area contributed by atoms with Crippen LogP contribution in [0.1, 0.15) is 38.3 Å². The molecular weight excluding hydrogens is 386 g/mol. The lowest BCUT2D eigenvalue weighted by molar-refractivity contribution is -0.135. The van der Waals surface area contributed by atoms with Crippen LogP contribution in [0.2, 0.25) is 0 Å². The first kappa shape index (κ1) is 20.8. The first-order chi connectivity index (χ1) is 15.2. The van der Waals surface area contributed by atoms with Crippen LogP contribution in [0, 0.1) is 5.41 Å². The molecule has 4 rings (SSSR count). The Kier molecular flexibility index (Phi) is 6.12. The lowest BCUT2D eigenvalue weighted by Crippen LogP contribution is -2.41. The van der Waals surface area contributed by atoms with Crippen LogP contribution >= 0.6 is 0 Å². The predicted octanol–water partition coefficient (Wildman–Crippen LogP) is 5.19. The highest BCUT2D eigenvalue weighted by Gasteiger charge is 2.58. The third-order valence-electron chi connectivity index (χ3n) is 5.90. The van der Waals surface area contributed by atoms with Gasteiger partial charge in [0.25, 0.3) is 11.8 Å². The van der Waals surface area contributed by atoms with Crippen molar-refractivity contribution in [3.63, 3.8) is 0 Å². The molecule has 0 unspecified atom stereocenters. The van der Waals surface area contributed by atoms with E-state index in [0.717, 1.165) is 18.5 Å². The quantitative estimate of drug-likeness (QED) is 0.478. The molecule has 2 amide bonds. The molecule has 1 aromatic heterocycles. The van der Waals surface area contributed by atoms with Crippen LogP contribution in [-0.4, -0.2) is 16.8 Å². The summed E-state index contributed by atoms with van der Waals surface area (Å²) in [5, 5.41) is 3.12. The third kappa shape index (κ3) is 3.96. The Bertz CT molecular complexity index is 965. The minimum absolute atomic E-state index is 0.156. The number of carbonyl (C=O) groups is 2. The van der Waals surface area contributed by atoms with E-state index in [0.29, 0.717) is 30.6 Å². The van der Waals surface area contributed by atoms with Crippen molar-refractivity contribution < 1.29 is 9.59 Å². The summed E-state index contributed by atoms with van der Waals surface area (Å²) in [5.41, 5.74) is 1.18. The summed E-state index contributed by atoms with van der Waals surface area (Å²) < 4.78 is 0. The van der Waals surface area contributed by atoms with Crippen LogP contribution in [-0.2, 0) is 16.0 Å². The molecule has 0 aliphatic carbocycles. The van der Waals surface area contributed by atoms with Gasteiger partial charge in [0.15, 0.2) is 0 Å². The summed E-state index contributed by atoms with van der Waals surface area (Å²) in [7, 11) is 0. The molecule has 5 heteroatoms. The minimum Gasteiger partial charge on any atom is -0.271 e. The molecule has 0 atom stereocenters. The number of pyridine rings is 1. The van der Waals surface area contributed by atoms with Crippen LogP contribution < -0.4 is 10.0 Å². The molecule has 158 valence electrons. The van der Waals surface area contributed by atoms with Gasteiger partial charge in [-0.1, -0.05) is 62.2 Å². The minimum atomic E-state index is -1.10. The summed E-state index contributed by atoms with van der Waals surface area (Å²) in [6, 6.07) is 24.6. The van der Waals surface area contributed by atoms with Crippen LogP contribution in [0.3, 0.4) is 0 Å². The second-order valence-corrected chi connectivity index (χ2v) is 7.91. The molecule has 0 bridgehead atoms. The zero-order valence-electron chi connectivity index (χ0n) is 17.8. The Labute approximate surface area is 183 Å². The molecule has 0 N–H and O–H groups in total. The summed E-state index contributed by atoms with van der Waals surface area (Å²) in [6.07, 6.45) is 5.02. The molecule has 0 radical (unpaired) electrons. The average Bonchev–Trinajstić information content (AvgIpc) is 3.05. The van der Waals surface area contributed by atoms with E-state index in [-0.39, 0.29) is 11.8 Å². The maximum absolute atomic E-state index is 14.0. The van der Waals surface area contributed by atoms with Crippen molar-refractivity contribution in [2.45, 2.75) is 39.0 Å². The van der Waals surface area contributed by atoms with Gasteiger partial charge in [-0.05, 0) is 55.7 Å². The zero-order chi connectivity index (χ0) is 21.7. The van der Waals surface area contributed by atoms with E-state index in [4.69, 9.17) is 0 Å². The van der Waals surface area contributed by atoms with Gasteiger partial charge < -0.3 is 0 Å². The molecular formula is C26H27N3O2. The lowest BCUT2D eigenvalue weighted by Gasteiger charge is -2.27. The number of hydrogen-bond acceptors (Lipinski definition) is 3. The number of hydrogen-bond donors (Lipinski definition) is 0. The fourth-order valence-corrected chi connectivity index (χ4v) is 4.20. The molecule has 2 heterocycles. The van der Waals surface area contributed by atoms with Crippen molar-refractivity contribution in [2.75, 3.05) is 10.0 Å². The van der Waals surface area contributed by atoms with Crippen molar-refractivity contribution in [1.29, 1.82) is 0 Å². The number of hydrazine groups is 1. The molecule has 0 spiro atoms. The Morgan fingerprint density at radius 2 is 1.29 bits per heavy atom. The van der Waals surface area contributed by atoms with E-state index < -0.39 is 5.41 Å². The largest absolute Gasteiger partial charge is 0.271 e. The zero-order valence-corrected chi connectivity index (χ0v) is 17.8.